The van der Waals surface area contributed by atoms with Crippen LogP contribution in [-0.2, 0) is 6.42 Å². The lowest BCUT2D eigenvalue weighted by atomic mass is 9.96. The predicted molar refractivity (Wildman–Crippen MR) is 78.3 cm³/mol. The normalized spacial score (nSPS) is 12.7. The van der Waals surface area contributed by atoms with Gasteiger partial charge in [-0.1, -0.05) is 23.8 Å². The van der Waals surface area contributed by atoms with E-state index in [0.29, 0.717) is 6.04 Å². The Labute approximate surface area is 113 Å². The zero-order valence-corrected chi connectivity index (χ0v) is 12.3. The molecule has 0 bridgehead atoms. The monoisotopic (exact) mass is 260 g/mol. The van der Waals surface area contributed by atoms with Crippen molar-refractivity contribution >= 4 is 11.3 Å². The number of nitrogens with zero attached hydrogens (tertiary/aromatic N) is 1. The van der Waals surface area contributed by atoms with Gasteiger partial charge in [-0.05, 0) is 38.9 Å². The fraction of sp³-hybridized carbons (Fsp3) is 0.400. The first-order valence-electron chi connectivity index (χ1n) is 6.25. The fourth-order valence-corrected chi connectivity index (χ4v) is 2.92. The van der Waals surface area contributed by atoms with E-state index in [1.807, 2.05) is 7.05 Å². The van der Waals surface area contributed by atoms with Gasteiger partial charge in [0.15, 0.2) is 0 Å². The second-order valence-corrected chi connectivity index (χ2v) is 5.83. The minimum Gasteiger partial charge on any atom is -0.313 e. The largest absolute Gasteiger partial charge is 0.313 e. The molecule has 0 spiro atoms. The summed E-state index contributed by atoms with van der Waals surface area (Å²) in [6, 6.07) is 6.99. The van der Waals surface area contributed by atoms with E-state index in [1.165, 1.54) is 22.4 Å². The third-order valence-electron chi connectivity index (χ3n) is 3.23. The average Bonchev–Trinajstić information content (AvgIpc) is 2.72. The molecule has 0 aliphatic carbocycles. The van der Waals surface area contributed by atoms with Gasteiger partial charge in [-0.2, -0.15) is 0 Å². The lowest BCUT2D eigenvalue weighted by molar-refractivity contribution is 0.582. The van der Waals surface area contributed by atoms with E-state index in [-0.39, 0.29) is 0 Å². The maximum atomic E-state index is 4.55. The molecule has 2 rings (SSSR count). The van der Waals surface area contributed by atoms with Crippen LogP contribution >= 0.6 is 11.3 Å². The third kappa shape index (κ3) is 2.98. The van der Waals surface area contributed by atoms with Crippen LogP contribution in [0.5, 0.6) is 0 Å². The van der Waals surface area contributed by atoms with Crippen LogP contribution in [0.3, 0.4) is 0 Å². The molecule has 18 heavy (non-hydrogen) atoms. The number of likely N-dealkylation sites (N-methyl/N-ethyl adjacent to an activating group) is 1. The van der Waals surface area contributed by atoms with Gasteiger partial charge in [-0.3, -0.25) is 0 Å². The van der Waals surface area contributed by atoms with Crippen LogP contribution in [0.25, 0.3) is 0 Å². The topological polar surface area (TPSA) is 24.9 Å². The van der Waals surface area contributed by atoms with Crippen LogP contribution in [0.15, 0.2) is 23.6 Å². The maximum Gasteiger partial charge on any atom is 0.0897 e. The van der Waals surface area contributed by atoms with E-state index in [2.05, 4.69) is 54.7 Å². The number of aryl methyl sites for hydroxylation is 3. The Morgan fingerprint density at radius 2 is 2.06 bits per heavy atom. The van der Waals surface area contributed by atoms with Crippen molar-refractivity contribution in [3.63, 3.8) is 0 Å². The van der Waals surface area contributed by atoms with Crippen molar-refractivity contribution in [1.29, 1.82) is 0 Å². The van der Waals surface area contributed by atoms with Gasteiger partial charge in [0.2, 0.25) is 0 Å². The molecule has 2 aromatic rings. The maximum absolute atomic E-state index is 4.55. The molecule has 1 aromatic heterocycles. The van der Waals surface area contributed by atoms with Crippen LogP contribution < -0.4 is 5.32 Å². The van der Waals surface area contributed by atoms with Gasteiger partial charge in [0, 0.05) is 17.8 Å². The molecule has 0 saturated heterocycles. The minimum absolute atomic E-state index is 0.340. The summed E-state index contributed by atoms with van der Waals surface area (Å²) in [6.07, 6.45) is 0.949. The summed E-state index contributed by atoms with van der Waals surface area (Å²) in [7, 11) is 2.02. The number of rotatable bonds is 4. The van der Waals surface area contributed by atoms with Crippen LogP contribution in [0.4, 0.5) is 0 Å². The number of benzene rings is 1. The molecule has 3 heteroatoms. The van der Waals surface area contributed by atoms with E-state index in [0.717, 1.165) is 11.4 Å². The Bertz CT molecular complexity index is 531. The molecule has 0 radical (unpaired) electrons. The van der Waals surface area contributed by atoms with Crippen LogP contribution in [-0.4, -0.2) is 12.0 Å². The first kappa shape index (κ1) is 13.2. The quantitative estimate of drug-likeness (QED) is 0.909. The zero-order valence-electron chi connectivity index (χ0n) is 11.4. The van der Waals surface area contributed by atoms with Crippen LogP contribution in [0.2, 0.25) is 0 Å². The smallest absolute Gasteiger partial charge is 0.0897 e. The molecule has 1 N–H and O–H groups in total. The molecule has 1 atom stereocenters. The van der Waals surface area contributed by atoms with Gasteiger partial charge >= 0.3 is 0 Å². The van der Waals surface area contributed by atoms with Crippen molar-refractivity contribution in [2.45, 2.75) is 33.2 Å². The Hall–Kier alpha value is -1.19. The highest BCUT2D eigenvalue weighted by molar-refractivity contribution is 7.09. The molecule has 96 valence electrons. The van der Waals surface area contributed by atoms with E-state index < -0.39 is 0 Å². The Morgan fingerprint density at radius 1 is 1.28 bits per heavy atom. The van der Waals surface area contributed by atoms with E-state index in [1.54, 1.807) is 11.3 Å². The summed E-state index contributed by atoms with van der Waals surface area (Å²) < 4.78 is 0. The molecule has 1 unspecified atom stereocenters. The van der Waals surface area contributed by atoms with E-state index >= 15 is 0 Å². The molecular weight excluding hydrogens is 240 g/mol. The number of nitrogens with one attached hydrogen (secondary N) is 1. The Kier molecular flexibility index (Phi) is 4.15. The summed E-state index contributed by atoms with van der Waals surface area (Å²) in [6.45, 7) is 6.37. The number of thiazole rings is 1. The van der Waals surface area contributed by atoms with Crippen molar-refractivity contribution in [3.05, 3.63) is 51.0 Å². The fourth-order valence-electron chi connectivity index (χ4n) is 2.30. The first-order chi connectivity index (χ1) is 8.60. The van der Waals surface area contributed by atoms with Gasteiger partial charge in [0.25, 0.3) is 0 Å². The van der Waals surface area contributed by atoms with Crippen LogP contribution in [0.1, 0.15) is 33.4 Å². The summed E-state index contributed by atoms with van der Waals surface area (Å²) >= 11 is 1.72. The summed E-state index contributed by atoms with van der Waals surface area (Å²) in [5.41, 5.74) is 5.21. The second-order valence-electron chi connectivity index (χ2n) is 4.76. The SMILES string of the molecule is CNC(Cc1csc(C)n1)c1ccc(C)cc1C. The Morgan fingerprint density at radius 3 is 2.61 bits per heavy atom. The molecule has 0 aliphatic rings. The minimum atomic E-state index is 0.340. The average molecular weight is 260 g/mol. The first-order valence-corrected chi connectivity index (χ1v) is 7.13. The number of aromatic nitrogens is 1. The second kappa shape index (κ2) is 5.63. The highest BCUT2D eigenvalue weighted by atomic mass is 32.1. The van der Waals surface area contributed by atoms with Gasteiger partial charge < -0.3 is 5.32 Å². The molecule has 0 saturated carbocycles. The summed E-state index contributed by atoms with van der Waals surface area (Å²) in [4.78, 5) is 4.55. The number of hydrogen-bond acceptors (Lipinski definition) is 3. The predicted octanol–water partition coefficient (Wildman–Crippen LogP) is 3.57. The van der Waals surface area contributed by atoms with Crippen molar-refractivity contribution in [3.8, 4) is 0 Å². The Balaban J connectivity index is 2.22. The van der Waals surface area contributed by atoms with Gasteiger partial charge in [0.05, 0.1) is 10.7 Å². The third-order valence-corrected chi connectivity index (χ3v) is 4.05. The highest BCUT2D eigenvalue weighted by Crippen LogP contribution is 2.23. The lowest BCUT2D eigenvalue weighted by Crippen LogP contribution is -2.20. The molecule has 0 aliphatic heterocycles. The van der Waals surface area contributed by atoms with E-state index in [4.69, 9.17) is 0 Å². The summed E-state index contributed by atoms with van der Waals surface area (Å²) in [5.74, 6) is 0. The molecule has 0 amide bonds. The zero-order chi connectivity index (χ0) is 13.1. The lowest BCUT2D eigenvalue weighted by Gasteiger charge is -2.18. The van der Waals surface area contributed by atoms with E-state index in [9.17, 15) is 0 Å². The van der Waals surface area contributed by atoms with Crippen molar-refractivity contribution in [1.82, 2.24) is 10.3 Å². The molecule has 1 heterocycles. The molecule has 0 fully saturated rings. The standard InChI is InChI=1S/C15H20N2S/c1-10-5-6-14(11(2)7-10)15(16-4)8-13-9-18-12(3)17-13/h5-7,9,15-16H,8H2,1-4H3. The molecular formula is C15H20N2S. The summed E-state index contributed by atoms with van der Waals surface area (Å²) in [5, 5.41) is 6.70. The van der Waals surface area contributed by atoms with Gasteiger partial charge in [0.1, 0.15) is 0 Å². The van der Waals surface area contributed by atoms with Crippen molar-refractivity contribution in [2.24, 2.45) is 0 Å². The van der Waals surface area contributed by atoms with Gasteiger partial charge in [-0.15, -0.1) is 11.3 Å². The van der Waals surface area contributed by atoms with Crippen molar-refractivity contribution < 1.29 is 0 Å². The van der Waals surface area contributed by atoms with Crippen LogP contribution in [0, 0.1) is 20.8 Å². The van der Waals surface area contributed by atoms with Crippen molar-refractivity contribution in [2.75, 3.05) is 7.05 Å². The molecule has 1 aromatic carbocycles. The highest BCUT2D eigenvalue weighted by Gasteiger charge is 2.14. The number of hydrogen-bond donors (Lipinski definition) is 1. The molecule has 2 nitrogen and oxygen atoms in total. The van der Waals surface area contributed by atoms with Gasteiger partial charge in [-0.25, -0.2) is 4.98 Å².